The van der Waals surface area contributed by atoms with Gasteiger partial charge in [-0.25, -0.2) is 0 Å². The van der Waals surface area contributed by atoms with Crippen LogP contribution in [0.3, 0.4) is 0 Å². The Morgan fingerprint density at radius 2 is 1.64 bits per heavy atom. The Labute approximate surface area is 156 Å². The van der Waals surface area contributed by atoms with Gasteiger partial charge in [-0.3, -0.25) is 0 Å². The summed E-state index contributed by atoms with van der Waals surface area (Å²) in [6.07, 6.45) is 15.1. The highest BCUT2D eigenvalue weighted by Crippen LogP contribution is 2.68. The Balaban J connectivity index is 1.56. The molecule has 0 aromatic rings. The summed E-state index contributed by atoms with van der Waals surface area (Å²) in [6, 6.07) is 0. The molecule has 0 aromatic carbocycles. The quantitative estimate of drug-likeness (QED) is 0.623. The van der Waals surface area contributed by atoms with Crippen LogP contribution in [0.4, 0.5) is 0 Å². The van der Waals surface area contributed by atoms with E-state index in [0.717, 1.165) is 48.3 Å². The average molecular weight is 347 g/mol. The van der Waals surface area contributed by atoms with Gasteiger partial charge in [0.1, 0.15) is 0 Å². The van der Waals surface area contributed by atoms with Crippen molar-refractivity contribution in [3.05, 3.63) is 0 Å². The minimum atomic E-state index is -0.00534. The molecule has 1 N–H and O–H groups in total. The van der Waals surface area contributed by atoms with E-state index in [4.69, 9.17) is 0 Å². The molecule has 0 bridgehead atoms. The van der Waals surface area contributed by atoms with Gasteiger partial charge in [0.15, 0.2) is 0 Å². The molecule has 1 nitrogen and oxygen atoms in total. The maximum Gasteiger partial charge on any atom is 0.0543 e. The zero-order chi connectivity index (χ0) is 17.8. The fraction of sp³-hybridized carbons (Fsp3) is 1.00. The third kappa shape index (κ3) is 2.74. The summed E-state index contributed by atoms with van der Waals surface area (Å²) in [6.45, 7) is 10.2. The Morgan fingerprint density at radius 3 is 2.40 bits per heavy atom. The van der Waals surface area contributed by atoms with E-state index in [1.807, 2.05) is 0 Å². The lowest BCUT2D eigenvalue weighted by Gasteiger charge is -2.61. The first kappa shape index (κ1) is 18.3. The second-order valence-corrected chi connectivity index (χ2v) is 11.1. The molecule has 4 fully saturated rings. The lowest BCUT2D eigenvalue weighted by atomic mass is 9.44. The van der Waals surface area contributed by atoms with Crippen molar-refractivity contribution in [2.45, 2.75) is 104 Å². The summed E-state index contributed by atoms with van der Waals surface area (Å²) in [5, 5.41) is 10.2. The average Bonchev–Trinajstić information content (AvgIpc) is 2.93. The smallest absolute Gasteiger partial charge is 0.0543 e. The van der Waals surface area contributed by atoms with Gasteiger partial charge in [-0.2, -0.15) is 0 Å². The van der Waals surface area contributed by atoms with Crippen molar-refractivity contribution in [2.24, 2.45) is 46.3 Å². The zero-order valence-corrected chi connectivity index (χ0v) is 17.3. The highest BCUT2D eigenvalue weighted by atomic mass is 16.3. The Kier molecular flexibility index (Phi) is 4.79. The second kappa shape index (κ2) is 6.54. The first-order valence-corrected chi connectivity index (χ1v) is 11.6. The first-order valence-electron chi connectivity index (χ1n) is 11.6. The van der Waals surface area contributed by atoms with Crippen LogP contribution in [-0.4, -0.2) is 11.2 Å². The standard InChI is InChI=1S/C24H42O/c1-5-6-16(2)20-9-10-21-19-8-7-17-15-18(25)11-13-23(17,3)22(19)12-14-24(20,21)4/h16-22,25H,5-15H2,1-4H3/t16-,17?,18-,19+,20-,21+,22+,23+,24-/m1/s1. The molecule has 9 atom stereocenters. The van der Waals surface area contributed by atoms with Gasteiger partial charge in [0.05, 0.1) is 6.10 Å². The van der Waals surface area contributed by atoms with Crippen LogP contribution in [0.15, 0.2) is 0 Å². The molecule has 0 amide bonds. The van der Waals surface area contributed by atoms with Gasteiger partial charge < -0.3 is 5.11 Å². The summed E-state index contributed by atoms with van der Waals surface area (Å²) in [5.74, 6) is 5.66. The van der Waals surface area contributed by atoms with E-state index in [9.17, 15) is 5.11 Å². The molecule has 1 unspecified atom stereocenters. The number of fused-ring (bicyclic) bond motifs is 5. The van der Waals surface area contributed by atoms with E-state index in [0.29, 0.717) is 10.8 Å². The van der Waals surface area contributed by atoms with Gasteiger partial charge in [0.25, 0.3) is 0 Å². The number of hydrogen-bond acceptors (Lipinski definition) is 1. The van der Waals surface area contributed by atoms with Gasteiger partial charge in [0.2, 0.25) is 0 Å². The van der Waals surface area contributed by atoms with E-state index in [1.54, 1.807) is 0 Å². The minimum Gasteiger partial charge on any atom is -0.393 e. The molecule has 0 aromatic heterocycles. The second-order valence-electron chi connectivity index (χ2n) is 11.1. The zero-order valence-electron chi connectivity index (χ0n) is 17.3. The highest BCUT2D eigenvalue weighted by Gasteiger charge is 2.60. The fourth-order valence-electron chi connectivity index (χ4n) is 8.87. The van der Waals surface area contributed by atoms with E-state index in [1.165, 1.54) is 57.8 Å². The van der Waals surface area contributed by atoms with Crippen molar-refractivity contribution in [3.63, 3.8) is 0 Å². The molecule has 144 valence electrons. The molecule has 0 heterocycles. The minimum absolute atomic E-state index is 0.00534. The molecule has 25 heavy (non-hydrogen) atoms. The molecule has 4 aliphatic rings. The topological polar surface area (TPSA) is 20.2 Å². The monoisotopic (exact) mass is 346 g/mol. The summed E-state index contributed by atoms with van der Waals surface area (Å²) < 4.78 is 0. The van der Waals surface area contributed by atoms with Crippen LogP contribution < -0.4 is 0 Å². The third-order valence-electron chi connectivity index (χ3n) is 10.1. The Bertz CT molecular complexity index is 486. The maximum atomic E-state index is 10.2. The third-order valence-corrected chi connectivity index (χ3v) is 10.1. The van der Waals surface area contributed by atoms with Crippen LogP contribution in [0.25, 0.3) is 0 Å². The van der Waals surface area contributed by atoms with E-state index in [2.05, 4.69) is 27.7 Å². The van der Waals surface area contributed by atoms with Crippen LogP contribution >= 0.6 is 0 Å². The van der Waals surface area contributed by atoms with E-state index < -0.39 is 0 Å². The summed E-state index contributed by atoms with van der Waals surface area (Å²) in [5.41, 5.74) is 1.17. The van der Waals surface area contributed by atoms with Gasteiger partial charge in [0, 0.05) is 0 Å². The lowest BCUT2D eigenvalue weighted by Crippen LogP contribution is -2.54. The van der Waals surface area contributed by atoms with Crippen LogP contribution in [0.5, 0.6) is 0 Å². The molecule has 0 saturated heterocycles. The van der Waals surface area contributed by atoms with Crippen LogP contribution in [0, 0.1) is 46.3 Å². The van der Waals surface area contributed by atoms with Crippen molar-refractivity contribution in [2.75, 3.05) is 0 Å². The Morgan fingerprint density at radius 1 is 0.920 bits per heavy atom. The number of aliphatic hydroxyl groups excluding tert-OH is 1. The lowest BCUT2D eigenvalue weighted by molar-refractivity contribution is -0.129. The molecular weight excluding hydrogens is 304 g/mol. The van der Waals surface area contributed by atoms with Crippen molar-refractivity contribution in [1.29, 1.82) is 0 Å². The van der Waals surface area contributed by atoms with Gasteiger partial charge in [-0.1, -0.05) is 40.5 Å². The summed E-state index contributed by atoms with van der Waals surface area (Å²) in [7, 11) is 0. The number of aliphatic hydroxyl groups is 1. The van der Waals surface area contributed by atoms with Gasteiger partial charge in [-0.05, 0) is 104 Å². The van der Waals surface area contributed by atoms with Gasteiger partial charge >= 0.3 is 0 Å². The SMILES string of the molecule is CCC[C@@H](C)[C@H]1CC[C@H]2[C@@H]3CCC4C[C@H](O)CC[C@]4(C)[C@H]3CC[C@]12C. The van der Waals surface area contributed by atoms with Crippen LogP contribution in [0.1, 0.15) is 98.3 Å². The summed E-state index contributed by atoms with van der Waals surface area (Å²) in [4.78, 5) is 0. The predicted molar refractivity (Wildman–Crippen MR) is 105 cm³/mol. The molecule has 4 aliphatic carbocycles. The molecular formula is C24H42O. The van der Waals surface area contributed by atoms with Gasteiger partial charge in [-0.15, -0.1) is 0 Å². The summed E-state index contributed by atoms with van der Waals surface area (Å²) >= 11 is 0. The number of hydrogen-bond donors (Lipinski definition) is 1. The van der Waals surface area contributed by atoms with Crippen LogP contribution in [-0.2, 0) is 0 Å². The normalized spacial score (nSPS) is 53.6. The molecule has 0 aliphatic heterocycles. The highest BCUT2D eigenvalue weighted by molar-refractivity contribution is 5.09. The largest absolute Gasteiger partial charge is 0.393 e. The van der Waals surface area contributed by atoms with E-state index in [-0.39, 0.29) is 6.10 Å². The molecule has 0 radical (unpaired) electrons. The van der Waals surface area contributed by atoms with Crippen molar-refractivity contribution in [3.8, 4) is 0 Å². The predicted octanol–water partition coefficient (Wildman–Crippen LogP) is 6.44. The first-order chi connectivity index (χ1) is 11.9. The van der Waals surface area contributed by atoms with E-state index >= 15 is 0 Å². The molecule has 4 rings (SSSR count). The molecule has 4 saturated carbocycles. The van der Waals surface area contributed by atoms with Crippen molar-refractivity contribution in [1.82, 2.24) is 0 Å². The fourth-order valence-corrected chi connectivity index (χ4v) is 8.87. The number of rotatable bonds is 3. The molecule has 1 heteroatoms. The Hall–Kier alpha value is -0.0400. The van der Waals surface area contributed by atoms with Crippen LogP contribution in [0.2, 0.25) is 0 Å². The molecule has 0 spiro atoms. The van der Waals surface area contributed by atoms with Crippen molar-refractivity contribution < 1.29 is 5.11 Å². The maximum absolute atomic E-state index is 10.2. The van der Waals surface area contributed by atoms with Crippen molar-refractivity contribution >= 4 is 0 Å².